The Morgan fingerprint density at radius 3 is 2.44 bits per heavy atom. The number of nitrogens with zero attached hydrogens (tertiary/aromatic N) is 2. The molecule has 0 aliphatic heterocycles. The second-order valence-corrected chi connectivity index (χ2v) is 14.8. The lowest BCUT2D eigenvalue weighted by Crippen LogP contribution is -2.48. The van der Waals surface area contributed by atoms with E-state index in [-0.39, 0.29) is 35.8 Å². The Labute approximate surface area is 304 Å². The van der Waals surface area contributed by atoms with E-state index in [1.54, 1.807) is 24.4 Å². The van der Waals surface area contributed by atoms with Gasteiger partial charge in [-0.15, -0.1) is 0 Å². The van der Waals surface area contributed by atoms with Gasteiger partial charge >= 0.3 is 11.8 Å². The number of benzene rings is 2. The number of pyridine rings is 1. The fraction of sp³-hybridized carbons (Fsp3) is 0.462. The van der Waals surface area contributed by atoms with Crippen molar-refractivity contribution in [1.82, 2.24) is 30.5 Å². The molecule has 3 amide bonds. The zero-order chi connectivity index (χ0) is 37.3. The molecule has 4 aromatic rings. The topological polar surface area (TPSA) is 171 Å². The number of alkyl carbamates (subject to hydrolysis) is 1. The molecule has 2 aromatic heterocycles. The molecule has 2 aromatic carbocycles. The lowest BCUT2D eigenvalue weighted by molar-refractivity contribution is -0.130. The van der Waals surface area contributed by atoms with Crippen molar-refractivity contribution in [3.8, 4) is 17.0 Å². The predicted octanol–water partition coefficient (Wildman–Crippen LogP) is 5.25. The molecule has 0 spiro atoms. The Morgan fingerprint density at radius 2 is 1.73 bits per heavy atom. The number of imidazole rings is 1. The van der Waals surface area contributed by atoms with Gasteiger partial charge in [-0.05, 0) is 108 Å². The second-order valence-electron chi connectivity index (χ2n) is 14.8. The number of amides is 3. The fourth-order valence-corrected chi connectivity index (χ4v) is 6.32. The zero-order valence-corrected chi connectivity index (χ0v) is 30.7. The molecule has 5 rings (SSSR count). The van der Waals surface area contributed by atoms with E-state index in [0.29, 0.717) is 48.6 Å². The van der Waals surface area contributed by atoms with Crippen LogP contribution in [0.25, 0.3) is 22.2 Å². The van der Waals surface area contributed by atoms with Gasteiger partial charge in [0.1, 0.15) is 11.6 Å². The van der Waals surface area contributed by atoms with Gasteiger partial charge in [0.25, 0.3) is 0 Å². The van der Waals surface area contributed by atoms with E-state index in [9.17, 15) is 19.2 Å². The maximum absolute atomic E-state index is 13.8. The molecule has 1 atom stereocenters. The average Bonchev–Trinajstić information content (AvgIpc) is 3.48. The Morgan fingerprint density at radius 1 is 0.962 bits per heavy atom. The summed E-state index contributed by atoms with van der Waals surface area (Å²) in [5.41, 5.74) is 3.47. The van der Waals surface area contributed by atoms with Gasteiger partial charge in [0, 0.05) is 48.9 Å². The molecule has 0 radical (unpaired) electrons. The molecule has 52 heavy (non-hydrogen) atoms. The van der Waals surface area contributed by atoms with Crippen molar-refractivity contribution in [3.05, 3.63) is 76.8 Å². The minimum Gasteiger partial charge on any atom is -0.478 e. The van der Waals surface area contributed by atoms with E-state index in [0.717, 1.165) is 42.5 Å². The third kappa shape index (κ3) is 11.4. The predicted molar refractivity (Wildman–Crippen MR) is 201 cm³/mol. The lowest BCUT2D eigenvalue weighted by atomic mass is 9.81. The summed E-state index contributed by atoms with van der Waals surface area (Å²) >= 11 is 0. The highest BCUT2D eigenvalue weighted by Crippen LogP contribution is 2.29. The average molecular weight is 714 g/mol. The maximum Gasteiger partial charge on any atom is 0.407 e. The number of carbonyl (C=O) groups excluding carboxylic acids is 3. The van der Waals surface area contributed by atoms with Crippen LogP contribution in [0.1, 0.15) is 58.4 Å². The molecule has 2 heterocycles. The summed E-state index contributed by atoms with van der Waals surface area (Å²) in [4.78, 5) is 63.4. The van der Waals surface area contributed by atoms with Crippen molar-refractivity contribution < 1.29 is 23.9 Å². The van der Waals surface area contributed by atoms with E-state index in [4.69, 9.17) is 9.47 Å². The number of carbonyl (C=O) groups is 3. The lowest BCUT2D eigenvalue weighted by Gasteiger charge is -2.29. The highest BCUT2D eigenvalue weighted by Gasteiger charge is 2.30. The summed E-state index contributed by atoms with van der Waals surface area (Å²) in [6.07, 6.45) is 5.33. The number of anilines is 1. The molecule has 13 heteroatoms. The monoisotopic (exact) mass is 713 g/mol. The minimum absolute atomic E-state index is 0.175. The number of hydrogen-bond donors (Lipinski definition) is 5. The van der Waals surface area contributed by atoms with Crippen LogP contribution >= 0.6 is 0 Å². The second kappa shape index (κ2) is 17.4. The third-order valence-corrected chi connectivity index (χ3v) is 9.00. The van der Waals surface area contributed by atoms with E-state index >= 15 is 0 Å². The quantitative estimate of drug-likeness (QED) is 0.110. The number of fused-ring (bicyclic) bond motifs is 1. The van der Waals surface area contributed by atoms with Gasteiger partial charge in [-0.1, -0.05) is 24.3 Å². The van der Waals surface area contributed by atoms with Gasteiger partial charge in [0.2, 0.25) is 17.7 Å². The SMILES string of the molecule is CN(C)CCCOc1ccc(-c2cccc(CC(NC(=O)C3CCC(CNC(=O)OC(C)(C)C)CC3)C(=O)Nc3ccc4[nH]c(=O)[nH]c4c3)c2)cn1. The number of ether oxygens (including phenoxy) is 2. The first-order valence-corrected chi connectivity index (χ1v) is 17.9. The van der Waals surface area contributed by atoms with Crippen molar-refractivity contribution in [2.45, 2.75) is 70.9 Å². The first-order valence-electron chi connectivity index (χ1n) is 17.9. The molecule has 1 unspecified atom stereocenters. The molecule has 13 nitrogen and oxygen atoms in total. The van der Waals surface area contributed by atoms with E-state index < -0.39 is 17.7 Å². The van der Waals surface area contributed by atoms with Crippen LogP contribution in [-0.2, 0) is 20.7 Å². The molecule has 1 saturated carbocycles. The van der Waals surface area contributed by atoms with Crippen LogP contribution in [0.5, 0.6) is 5.88 Å². The van der Waals surface area contributed by atoms with Gasteiger partial charge in [-0.3, -0.25) is 9.59 Å². The van der Waals surface area contributed by atoms with Crippen LogP contribution in [0.4, 0.5) is 10.5 Å². The standard InChI is InChI=1S/C39H51N7O6/c1-39(2,3)52-38(50)41-23-25-10-12-27(13-11-25)35(47)43-33(36(48)42-30-15-16-31-32(22-30)45-37(49)44-31)21-26-8-6-9-28(20-26)29-14-17-34(40-24-29)51-19-7-18-46(4)5/h6,8-9,14-17,20,22,24-25,27,33H,7,10-13,18-19,21,23H2,1-5H3,(H,41,50)(H,42,48)(H,43,47)(H2,44,45,49). The van der Waals surface area contributed by atoms with Crippen molar-refractivity contribution in [2.75, 3.05) is 39.1 Å². The number of aromatic nitrogens is 3. The Balaban J connectivity index is 1.25. The number of H-pyrrole nitrogens is 2. The molecule has 1 aliphatic carbocycles. The largest absolute Gasteiger partial charge is 0.478 e. The van der Waals surface area contributed by atoms with Gasteiger partial charge < -0.3 is 40.3 Å². The summed E-state index contributed by atoms with van der Waals surface area (Å²) in [6, 6.07) is 15.9. The summed E-state index contributed by atoms with van der Waals surface area (Å²) < 4.78 is 11.1. The van der Waals surface area contributed by atoms with E-state index in [2.05, 4.69) is 35.8 Å². The Bertz CT molecular complexity index is 1870. The van der Waals surface area contributed by atoms with Gasteiger partial charge in [0.15, 0.2) is 0 Å². The molecule has 5 N–H and O–H groups in total. The molecule has 1 fully saturated rings. The number of nitrogens with one attached hydrogen (secondary N) is 5. The van der Waals surface area contributed by atoms with Crippen molar-refractivity contribution >= 4 is 34.6 Å². The highest BCUT2D eigenvalue weighted by atomic mass is 16.6. The summed E-state index contributed by atoms with van der Waals surface area (Å²) in [5, 5.41) is 8.83. The van der Waals surface area contributed by atoms with Gasteiger partial charge in [-0.25, -0.2) is 14.6 Å². The van der Waals surface area contributed by atoms with Crippen LogP contribution in [0, 0.1) is 11.8 Å². The summed E-state index contributed by atoms with van der Waals surface area (Å²) in [6.45, 7) is 7.48. The first kappa shape index (κ1) is 38.1. The normalized spacial score (nSPS) is 16.7. The summed E-state index contributed by atoms with van der Waals surface area (Å²) in [7, 11) is 4.06. The van der Waals surface area contributed by atoms with Gasteiger partial charge in [-0.2, -0.15) is 0 Å². The molecular formula is C39H51N7O6. The van der Waals surface area contributed by atoms with Crippen molar-refractivity contribution in [2.24, 2.45) is 11.8 Å². The van der Waals surface area contributed by atoms with Crippen LogP contribution < -0.4 is 26.4 Å². The van der Waals surface area contributed by atoms with E-state index in [1.165, 1.54) is 0 Å². The number of aromatic amines is 2. The smallest absolute Gasteiger partial charge is 0.407 e. The molecule has 1 aliphatic rings. The Kier molecular flexibility index (Phi) is 12.7. The zero-order valence-electron chi connectivity index (χ0n) is 30.7. The Hall–Kier alpha value is -5.17. The number of hydrogen-bond acceptors (Lipinski definition) is 8. The molecular weight excluding hydrogens is 662 g/mol. The maximum atomic E-state index is 13.8. The van der Waals surface area contributed by atoms with Crippen LogP contribution in [-0.4, -0.2) is 83.2 Å². The first-order chi connectivity index (χ1) is 24.8. The number of rotatable bonds is 14. The van der Waals surface area contributed by atoms with Crippen molar-refractivity contribution in [1.29, 1.82) is 0 Å². The molecule has 0 bridgehead atoms. The van der Waals surface area contributed by atoms with Crippen LogP contribution in [0.15, 0.2) is 65.6 Å². The molecule has 278 valence electrons. The van der Waals surface area contributed by atoms with E-state index in [1.807, 2.05) is 71.3 Å². The minimum atomic E-state index is -0.869. The summed E-state index contributed by atoms with van der Waals surface area (Å²) in [5.74, 6) is 0.00410. The highest BCUT2D eigenvalue weighted by molar-refractivity contribution is 5.98. The van der Waals surface area contributed by atoms with Gasteiger partial charge in [0.05, 0.1) is 17.6 Å². The molecule has 0 saturated heterocycles. The fourth-order valence-electron chi connectivity index (χ4n) is 6.32. The third-order valence-electron chi connectivity index (χ3n) is 9.00. The van der Waals surface area contributed by atoms with Crippen molar-refractivity contribution in [3.63, 3.8) is 0 Å². The van der Waals surface area contributed by atoms with Crippen LogP contribution in [0.3, 0.4) is 0 Å². The van der Waals surface area contributed by atoms with Crippen LogP contribution in [0.2, 0.25) is 0 Å².